The number of guanidine groups is 1. The third-order valence-corrected chi connectivity index (χ3v) is 5.05. The topological polar surface area (TPSA) is 58.1 Å². The van der Waals surface area contributed by atoms with Crippen LogP contribution in [0.4, 0.5) is 0 Å². The van der Waals surface area contributed by atoms with Gasteiger partial charge in [-0.15, -0.1) is 24.0 Å². The number of hydrogen-bond acceptors (Lipinski definition) is 4. The normalized spacial score (nSPS) is 15.7. The van der Waals surface area contributed by atoms with Crippen molar-refractivity contribution in [3.05, 3.63) is 23.8 Å². The number of benzene rings is 1. The van der Waals surface area contributed by atoms with Gasteiger partial charge in [0, 0.05) is 31.7 Å². The van der Waals surface area contributed by atoms with Gasteiger partial charge in [-0.05, 0) is 57.7 Å². The maximum atomic E-state index is 5.73. The first kappa shape index (κ1) is 25.8. The zero-order valence-corrected chi connectivity index (χ0v) is 21.0. The summed E-state index contributed by atoms with van der Waals surface area (Å²) < 4.78 is 11.2. The van der Waals surface area contributed by atoms with Gasteiger partial charge < -0.3 is 25.0 Å². The van der Waals surface area contributed by atoms with Gasteiger partial charge in [0.05, 0.1) is 20.3 Å². The summed E-state index contributed by atoms with van der Waals surface area (Å²) >= 11 is 0. The molecule has 1 aromatic rings. The number of hydrogen-bond donors (Lipinski definition) is 2. The lowest BCUT2D eigenvalue weighted by atomic mass is 10.0. The molecule has 1 saturated heterocycles. The van der Waals surface area contributed by atoms with Crippen LogP contribution in [-0.4, -0.2) is 56.3 Å². The van der Waals surface area contributed by atoms with Crippen LogP contribution in [0.2, 0.25) is 0 Å². The van der Waals surface area contributed by atoms with Gasteiger partial charge in [-0.1, -0.05) is 13.0 Å². The van der Waals surface area contributed by atoms with Crippen LogP contribution in [0, 0.1) is 0 Å². The quantitative estimate of drug-likeness (QED) is 0.294. The van der Waals surface area contributed by atoms with Crippen LogP contribution in [0.1, 0.15) is 52.5 Å². The third-order valence-electron chi connectivity index (χ3n) is 5.05. The maximum Gasteiger partial charge on any atom is 0.191 e. The Kier molecular flexibility index (Phi) is 12.4. The van der Waals surface area contributed by atoms with Crippen molar-refractivity contribution in [2.24, 2.45) is 4.99 Å². The van der Waals surface area contributed by atoms with Crippen molar-refractivity contribution in [2.75, 3.05) is 33.4 Å². The smallest absolute Gasteiger partial charge is 0.191 e. The summed E-state index contributed by atoms with van der Waals surface area (Å²) in [7, 11) is 1.68. The Hall–Kier alpha value is -1.22. The van der Waals surface area contributed by atoms with Gasteiger partial charge in [-0.2, -0.15) is 0 Å². The molecule has 0 aliphatic carbocycles. The van der Waals surface area contributed by atoms with Crippen molar-refractivity contribution >= 4 is 29.9 Å². The van der Waals surface area contributed by atoms with Gasteiger partial charge in [-0.25, -0.2) is 4.99 Å². The highest BCUT2D eigenvalue weighted by molar-refractivity contribution is 14.0. The van der Waals surface area contributed by atoms with Crippen LogP contribution >= 0.6 is 24.0 Å². The standard InChI is InChI=1S/C22H38N4O2.HI/c1-6-14-28-20-9-8-18(15-21(20)27-5)16-24-22(23-7-2)25-19-10-12-26(13-11-19)17(3)4;/h8-9,15,17,19H,6-7,10-14,16H2,1-5H3,(H2,23,24,25);1H. The lowest BCUT2D eigenvalue weighted by molar-refractivity contribution is 0.167. The highest BCUT2D eigenvalue weighted by Crippen LogP contribution is 2.28. The summed E-state index contributed by atoms with van der Waals surface area (Å²) in [6, 6.07) is 7.15. The van der Waals surface area contributed by atoms with Gasteiger partial charge >= 0.3 is 0 Å². The molecule has 0 amide bonds. The number of likely N-dealkylation sites (tertiary alicyclic amines) is 1. The van der Waals surface area contributed by atoms with Crippen molar-refractivity contribution in [3.63, 3.8) is 0 Å². The molecule has 0 bridgehead atoms. The van der Waals surface area contributed by atoms with E-state index in [0.29, 0.717) is 25.2 Å². The summed E-state index contributed by atoms with van der Waals surface area (Å²) in [5.41, 5.74) is 1.10. The molecule has 0 spiro atoms. The van der Waals surface area contributed by atoms with E-state index >= 15 is 0 Å². The number of aliphatic imine (C=N–C) groups is 1. The molecule has 2 N–H and O–H groups in total. The molecule has 166 valence electrons. The minimum absolute atomic E-state index is 0. The third kappa shape index (κ3) is 8.58. The van der Waals surface area contributed by atoms with Crippen LogP contribution in [0.3, 0.4) is 0 Å². The van der Waals surface area contributed by atoms with Crippen molar-refractivity contribution < 1.29 is 9.47 Å². The molecule has 1 fully saturated rings. The molecule has 1 heterocycles. The van der Waals surface area contributed by atoms with Crippen molar-refractivity contribution in [1.82, 2.24) is 15.5 Å². The van der Waals surface area contributed by atoms with Gasteiger partial charge in [-0.3, -0.25) is 0 Å². The molecule has 1 aliphatic rings. The Bertz CT molecular complexity index is 617. The number of piperidine rings is 1. The van der Waals surface area contributed by atoms with Gasteiger partial charge in [0.15, 0.2) is 17.5 Å². The Morgan fingerprint density at radius 3 is 2.52 bits per heavy atom. The first-order valence-corrected chi connectivity index (χ1v) is 10.7. The number of ether oxygens (including phenoxy) is 2. The van der Waals surface area contributed by atoms with E-state index < -0.39 is 0 Å². The fourth-order valence-electron chi connectivity index (χ4n) is 3.39. The average molecular weight is 518 g/mol. The molecule has 6 nitrogen and oxygen atoms in total. The zero-order valence-electron chi connectivity index (χ0n) is 18.7. The summed E-state index contributed by atoms with van der Waals surface area (Å²) in [6.45, 7) is 13.2. The van der Waals surface area contributed by atoms with Crippen LogP contribution in [-0.2, 0) is 6.54 Å². The minimum Gasteiger partial charge on any atom is -0.493 e. The molecule has 0 saturated carbocycles. The molecule has 0 atom stereocenters. The van der Waals surface area contributed by atoms with Crippen molar-refractivity contribution in [2.45, 2.75) is 65.6 Å². The molecule has 2 rings (SSSR count). The number of nitrogens with one attached hydrogen (secondary N) is 2. The number of rotatable bonds is 9. The van der Waals surface area contributed by atoms with Crippen LogP contribution in [0.5, 0.6) is 11.5 Å². The van der Waals surface area contributed by atoms with Gasteiger partial charge in [0.25, 0.3) is 0 Å². The van der Waals surface area contributed by atoms with E-state index in [1.165, 1.54) is 0 Å². The first-order valence-electron chi connectivity index (χ1n) is 10.7. The van der Waals surface area contributed by atoms with E-state index in [1.54, 1.807) is 7.11 Å². The van der Waals surface area contributed by atoms with Crippen LogP contribution in [0.25, 0.3) is 0 Å². The lowest BCUT2D eigenvalue weighted by Gasteiger charge is -2.35. The molecule has 7 heteroatoms. The summed E-state index contributed by atoms with van der Waals surface area (Å²) in [6.07, 6.45) is 3.28. The Labute approximate surface area is 193 Å². The minimum atomic E-state index is 0. The van der Waals surface area contributed by atoms with Crippen LogP contribution < -0.4 is 20.1 Å². The lowest BCUT2D eigenvalue weighted by Crippen LogP contribution is -2.49. The highest BCUT2D eigenvalue weighted by Gasteiger charge is 2.21. The maximum absolute atomic E-state index is 5.73. The predicted molar refractivity (Wildman–Crippen MR) is 132 cm³/mol. The molecule has 0 unspecified atom stereocenters. The second-order valence-electron chi connectivity index (χ2n) is 7.58. The second kappa shape index (κ2) is 13.9. The summed E-state index contributed by atoms with van der Waals surface area (Å²) in [4.78, 5) is 7.32. The molecule has 0 radical (unpaired) electrons. The molecule has 1 aromatic carbocycles. The second-order valence-corrected chi connectivity index (χ2v) is 7.58. The zero-order chi connectivity index (χ0) is 20.4. The van der Waals surface area contributed by atoms with E-state index in [0.717, 1.165) is 61.9 Å². The predicted octanol–water partition coefficient (Wildman–Crippen LogP) is 4.03. The van der Waals surface area contributed by atoms with E-state index in [1.807, 2.05) is 12.1 Å². The van der Waals surface area contributed by atoms with E-state index in [2.05, 4.69) is 49.3 Å². The Balaban J connectivity index is 0.00000420. The number of halogens is 1. The summed E-state index contributed by atoms with van der Waals surface area (Å²) in [5, 5.41) is 6.98. The SMILES string of the molecule is CCCOc1ccc(CN=C(NCC)NC2CCN(C(C)C)CC2)cc1OC.I. The monoisotopic (exact) mass is 518 g/mol. The van der Waals surface area contributed by atoms with E-state index in [9.17, 15) is 0 Å². The van der Waals surface area contributed by atoms with Crippen molar-refractivity contribution in [3.8, 4) is 11.5 Å². The van der Waals surface area contributed by atoms with Crippen LogP contribution in [0.15, 0.2) is 23.2 Å². The van der Waals surface area contributed by atoms with Gasteiger partial charge in [0.2, 0.25) is 0 Å². The van der Waals surface area contributed by atoms with Crippen molar-refractivity contribution in [1.29, 1.82) is 0 Å². The number of methoxy groups -OCH3 is 1. The molecular formula is C22H39IN4O2. The summed E-state index contributed by atoms with van der Waals surface area (Å²) in [5.74, 6) is 2.44. The first-order chi connectivity index (χ1) is 13.6. The fraction of sp³-hybridized carbons (Fsp3) is 0.682. The largest absolute Gasteiger partial charge is 0.493 e. The highest BCUT2D eigenvalue weighted by atomic mass is 127. The van der Waals surface area contributed by atoms with E-state index in [-0.39, 0.29) is 24.0 Å². The molecule has 1 aliphatic heterocycles. The van der Waals surface area contributed by atoms with E-state index in [4.69, 9.17) is 14.5 Å². The Morgan fingerprint density at radius 1 is 1.21 bits per heavy atom. The fourth-order valence-corrected chi connectivity index (χ4v) is 3.39. The number of nitrogens with zero attached hydrogens (tertiary/aromatic N) is 2. The van der Waals surface area contributed by atoms with Gasteiger partial charge in [0.1, 0.15) is 0 Å². The molecular weight excluding hydrogens is 479 g/mol. The molecule has 0 aromatic heterocycles. The average Bonchev–Trinajstić information content (AvgIpc) is 2.71. The Morgan fingerprint density at radius 2 is 1.93 bits per heavy atom. The molecule has 29 heavy (non-hydrogen) atoms.